The van der Waals surface area contributed by atoms with Crippen LogP contribution < -0.4 is 10.2 Å². The minimum absolute atomic E-state index is 0.160. The van der Waals surface area contributed by atoms with Gasteiger partial charge in [0.25, 0.3) is 0 Å². The van der Waals surface area contributed by atoms with Crippen LogP contribution in [0, 0.1) is 0 Å². The fourth-order valence-electron chi connectivity index (χ4n) is 3.37. The van der Waals surface area contributed by atoms with E-state index in [4.69, 9.17) is 0 Å². The Hall–Kier alpha value is -3.16. The fraction of sp³-hybridized carbons (Fsp3) is 0.429. The predicted molar refractivity (Wildman–Crippen MR) is 115 cm³/mol. The summed E-state index contributed by atoms with van der Waals surface area (Å²) in [7, 11) is 3.76. The maximum absolute atomic E-state index is 12.6. The number of hydrogen-bond donors (Lipinski definition) is 1. The van der Waals surface area contributed by atoms with Gasteiger partial charge in [-0.1, -0.05) is 30.3 Å². The van der Waals surface area contributed by atoms with E-state index in [2.05, 4.69) is 42.2 Å². The molecule has 3 rings (SSSR count). The molecule has 2 aromatic rings. The molecule has 1 saturated heterocycles. The monoisotopic (exact) mass is 395 g/mol. The molecule has 0 spiro atoms. The van der Waals surface area contributed by atoms with Crippen LogP contribution in [0.3, 0.4) is 0 Å². The molecule has 1 aliphatic rings. The first-order chi connectivity index (χ1) is 14.2. The molecular weight excluding hydrogens is 366 g/mol. The topological polar surface area (TPSA) is 77.0 Å². The molecule has 0 radical (unpaired) electrons. The van der Waals surface area contributed by atoms with E-state index in [1.54, 1.807) is 25.5 Å². The summed E-state index contributed by atoms with van der Waals surface area (Å²) in [5.41, 5.74) is 1.22. The molecule has 1 amide bonds. The molecule has 0 saturated carbocycles. The highest BCUT2D eigenvalue weighted by molar-refractivity contribution is 5.81. The van der Waals surface area contributed by atoms with Crippen molar-refractivity contribution in [3.05, 3.63) is 54.4 Å². The number of benzene rings is 1. The zero-order chi connectivity index (χ0) is 20.5. The number of nitrogens with zero attached hydrogens (tertiary/aromatic N) is 6. The molecule has 1 aromatic heterocycles. The van der Waals surface area contributed by atoms with Crippen LogP contribution in [0.2, 0.25) is 0 Å². The van der Waals surface area contributed by atoms with Gasteiger partial charge in [0.1, 0.15) is 0 Å². The lowest BCUT2D eigenvalue weighted by molar-refractivity contribution is -0.131. The smallest absolute Gasteiger partial charge is 0.225 e. The van der Waals surface area contributed by atoms with Gasteiger partial charge in [0.15, 0.2) is 5.96 Å². The first-order valence-electron chi connectivity index (χ1n) is 9.93. The standard InChI is InChI=1S/C21H29N7O/c1-22-20(26(2)17-18-7-4-3-5-8-18)25-12-9-19(29)27-13-15-28(16-14-27)21-23-10-6-11-24-21/h3-8,10-11H,9,12-17H2,1-2H3,(H,22,25). The number of piperazine rings is 1. The normalized spacial score (nSPS) is 14.6. The summed E-state index contributed by atoms with van der Waals surface area (Å²) in [5.74, 6) is 1.67. The quantitative estimate of drug-likeness (QED) is 0.586. The van der Waals surface area contributed by atoms with Gasteiger partial charge in [0.05, 0.1) is 0 Å². The van der Waals surface area contributed by atoms with Crippen molar-refractivity contribution < 1.29 is 4.79 Å². The number of aliphatic imine (C=N–C) groups is 1. The molecule has 1 aromatic carbocycles. The number of anilines is 1. The number of aromatic nitrogens is 2. The Morgan fingerprint density at radius 1 is 1.10 bits per heavy atom. The Bertz CT molecular complexity index is 789. The van der Waals surface area contributed by atoms with E-state index in [0.29, 0.717) is 26.1 Å². The molecular formula is C21H29N7O. The van der Waals surface area contributed by atoms with Crippen molar-refractivity contribution in [2.75, 3.05) is 51.7 Å². The van der Waals surface area contributed by atoms with Gasteiger partial charge in [0, 0.05) is 72.2 Å². The fourth-order valence-corrected chi connectivity index (χ4v) is 3.37. The van der Waals surface area contributed by atoms with E-state index in [-0.39, 0.29) is 5.91 Å². The van der Waals surface area contributed by atoms with Crippen LogP contribution in [0.25, 0.3) is 0 Å². The van der Waals surface area contributed by atoms with Gasteiger partial charge in [-0.15, -0.1) is 0 Å². The summed E-state index contributed by atoms with van der Waals surface area (Å²) >= 11 is 0. The SMILES string of the molecule is CN=C(NCCC(=O)N1CCN(c2ncccn2)CC1)N(C)Cc1ccccc1. The lowest BCUT2D eigenvalue weighted by Gasteiger charge is -2.34. The molecule has 2 heterocycles. The molecule has 0 aliphatic carbocycles. The summed E-state index contributed by atoms with van der Waals surface area (Å²) in [6.45, 7) is 4.22. The second kappa shape index (κ2) is 10.4. The van der Waals surface area contributed by atoms with Crippen LogP contribution in [-0.2, 0) is 11.3 Å². The number of nitrogens with one attached hydrogen (secondary N) is 1. The van der Waals surface area contributed by atoms with Crippen molar-refractivity contribution in [2.24, 2.45) is 4.99 Å². The number of guanidine groups is 1. The van der Waals surface area contributed by atoms with Crippen molar-refractivity contribution in [1.29, 1.82) is 0 Å². The minimum atomic E-state index is 0.160. The highest BCUT2D eigenvalue weighted by Crippen LogP contribution is 2.10. The molecule has 1 N–H and O–H groups in total. The van der Waals surface area contributed by atoms with Crippen LogP contribution in [-0.4, -0.2) is 78.5 Å². The summed E-state index contributed by atoms with van der Waals surface area (Å²) < 4.78 is 0. The van der Waals surface area contributed by atoms with Crippen LogP contribution in [0.15, 0.2) is 53.8 Å². The van der Waals surface area contributed by atoms with Gasteiger partial charge in [-0.2, -0.15) is 0 Å². The molecule has 154 valence electrons. The number of carbonyl (C=O) groups is 1. The van der Waals surface area contributed by atoms with Crippen molar-refractivity contribution in [3.63, 3.8) is 0 Å². The Labute approximate surface area is 172 Å². The Balaban J connectivity index is 1.40. The van der Waals surface area contributed by atoms with E-state index in [0.717, 1.165) is 31.5 Å². The first-order valence-corrected chi connectivity index (χ1v) is 9.93. The number of carbonyl (C=O) groups excluding carboxylic acids is 1. The van der Waals surface area contributed by atoms with E-state index >= 15 is 0 Å². The number of amides is 1. The maximum Gasteiger partial charge on any atom is 0.225 e. The molecule has 8 heteroatoms. The predicted octanol–water partition coefficient (Wildman–Crippen LogP) is 1.22. The summed E-state index contributed by atoms with van der Waals surface area (Å²) in [4.78, 5) is 31.5. The highest BCUT2D eigenvalue weighted by atomic mass is 16.2. The Kier molecular flexibility index (Phi) is 7.38. The van der Waals surface area contributed by atoms with E-state index in [1.165, 1.54) is 5.56 Å². The average Bonchev–Trinajstić information content (AvgIpc) is 2.78. The largest absolute Gasteiger partial charge is 0.356 e. The third-order valence-corrected chi connectivity index (χ3v) is 4.93. The molecule has 8 nitrogen and oxygen atoms in total. The first kappa shape index (κ1) is 20.6. The third-order valence-electron chi connectivity index (χ3n) is 4.93. The van der Waals surface area contributed by atoms with Gasteiger partial charge < -0.3 is 20.0 Å². The molecule has 0 atom stereocenters. The summed E-state index contributed by atoms with van der Waals surface area (Å²) in [6.07, 6.45) is 3.93. The lowest BCUT2D eigenvalue weighted by atomic mass is 10.2. The van der Waals surface area contributed by atoms with E-state index in [9.17, 15) is 4.79 Å². The zero-order valence-corrected chi connectivity index (χ0v) is 17.2. The van der Waals surface area contributed by atoms with Gasteiger partial charge in [-0.3, -0.25) is 9.79 Å². The molecule has 0 unspecified atom stereocenters. The van der Waals surface area contributed by atoms with Gasteiger partial charge in [-0.25, -0.2) is 9.97 Å². The van der Waals surface area contributed by atoms with Gasteiger partial charge >= 0.3 is 0 Å². The molecule has 0 bridgehead atoms. The average molecular weight is 396 g/mol. The van der Waals surface area contributed by atoms with E-state index < -0.39 is 0 Å². The van der Waals surface area contributed by atoms with Crippen LogP contribution in [0.4, 0.5) is 5.95 Å². The van der Waals surface area contributed by atoms with Gasteiger partial charge in [-0.05, 0) is 11.6 Å². The number of hydrogen-bond acceptors (Lipinski definition) is 5. The second-order valence-electron chi connectivity index (χ2n) is 6.98. The number of rotatable bonds is 6. The van der Waals surface area contributed by atoms with Gasteiger partial charge in [0.2, 0.25) is 11.9 Å². The van der Waals surface area contributed by atoms with Crippen LogP contribution in [0.1, 0.15) is 12.0 Å². The summed E-state index contributed by atoms with van der Waals surface area (Å²) in [5, 5.41) is 3.29. The van der Waals surface area contributed by atoms with Crippen molar-refractivity contribution in [1.82, 2.24) is 25.1 Å². The van der Waals surface area contributed by atoms with Crippen molar-refractivity contribution in [3.8, 4) is 0 Å². The molecule has 1 fully saturated rings. The van der Waals surface area contributed by atoms with Crippen LogP contribution in [0.5, 0.6) is 0 Å². The Morgan fingerprint density at radius 2 is 1.79 bits per heavy atom. The maximum atomic E-state index is 12.6. The highest BCUT2D eigenvalue weighted by Gasteiger charge is 2.22. The molecule has 29 heavy (non-hydrogen) atoms. The second-order valence-corrected chi connectivity index (χ2v) is 6.98. The molecule has 1 aliphatic heterocycles. The Morgan fingerprint density at radius 3 is 2.45 bits per heavy atom. The third kappa shape index (κ3) is 5.91. The lowest BCUT2D eigenvalue weighted by Crippen LogP contribution is -2.50. The minimum Gasteiger partial charge on any atom is -0.356 e. The summed E-state index contributed by atoms with van der Waals surface area (Å²) in [6, 6.07) is 12.1. The van der Waals surface area contributed by atoms with Crippen molar-refractivity contribution in [2.45, 2.75) is 13.0 Å². The van der Waals surface area contributed by atoms with Crippen molar-refractivity contribution >= 4 is 17.8 Å². The van der Waals surface area contributed by atoms with Crippen LogP contribution >= 0.6 is 0 Å². The zero-order valence-electron chi connectivity index (χ0n) is 17.2. The van der Waals surface area contributed by atoms with E-state index in [1.807, 2.05) is 30.1 Å².